The summed E-state index contributed by atoms with van der Waals surface area (Å²) in [5.74, 6) is 0. The highest BCUT2D eigenvalue weighted by atomic mass is 35.5. The summed E-state index contributed by atoms with van der Waals surface area (Å²) >= 11 is 6.00. The molecule has 0 amide bonds. The van der Waals surface area contributed by atoms with Crippen LogP contribution in [0.2, 0.25) is 5.02 Å². The lowest BCUT2D eigenvalue weighted by Crippen LogP contribution is -2.18. The monoisotopic (exact) mass is 274 g/mol. The van der Waals surface area contributed by atoms with Gasteiger partial charge in [-0.3, -0.25) is 4.90 Å². The number of hydrogen-bond donors (Lipinski definition) is 1. The van der Waals surface area contributed by atoms with Gasteiger partial charge in [-0.15, -0.1) is 0 Å². The van der Waals surface area contributed by atoms with E-state index in [1.807, 2.05) is 30.3 Å². The third-order valence-electron chi connectivity index (χ3n) is 3.08. The number of rotatable bonds is 4. The van der Waals surface area contributed by atoms with Crippen LogP contribution in [-0.4, -0.2) is 11.9 Å². The van der Waals surface area contributed by atoms with Crippen LogP contribution in [-0.2, 0) is 13.1 Å². The van der Waals surface area contributed by atoms with Crippen molar-refractivity contribution in [2.75, 3.05) is 12.8 Å². The predicted octanol–water partition coefficient (Wildman–Crippen LogP) is 3.86. The highest BCUT2D eigenvalue weighted by molar-refractivity contribution is 6.30. The molecule has 0 atom stereocenters. The number of hydrogen-bond acceptors (Lipinski definition) is 2. The van der Waals surface area contributed by atoms with Crippen molar-refractivity contribution in [3.8, 4) is 0 Å². The van der Waals surface area contributed by atoms with Crippen LogP contribution in [0.25, 0.3) is 0 Å². The first-order valence-corrected chi connectivity index (χ1v) is 6.70. The number of halogens is 1. The van der Waals surface area contributed by atoms with Crippen LogP contribution in [0, 0.1) is 6.92 Å². The summed E-state index contributed by atoms with van der Waals surface area (Å²) in [6, 6.07) is 14.1. The zero-order valence-corrected chi connectivity index (χ0v) is 12.1. The molecular formula is C16H19ClN2. The summed E-state index contributed by atoms with van der Waals surface area (Å²) in [4.78, 5) is 2.23. The Kier molecular flexibility index (Phi) is 4.46. The summed E-state index contributed by atoms with van der Waals surface area (Å²) in [5, 5.41) is 0.779. The van der Waals surface area contributed by atoms with Gasteiger partial charge in [-0.2, -0.15) is 0 Å². The van der Waals surface area contributed by atoms with Crippen molar-refractivity contribution in [2.24, 2.45) is 0 Å². The first-order valence-electron chi connectivity index (χ1n) is 6.32. The SMILES string of the molecule is Cc1ccc(N)c(CN(C)Cc2cccc(Cl)c2)c1. The van der Waals surface area contributed by atoms with Crippen LogP contribution in [0.5, 0.6) is 0 Å². The summed E-state index contributed by atoms with van der Waals surface area (Å²) in [7, 11) is 2.09. The van der Waals surface area contributed by atoms with E-state index in [9.17, 15) is 0 Å². The highest BCUT2D eigenvalue weighted by Crippen LogP contribution is 2.17. The molecule has 3 heteroatoms. The molecule has 19 heavy (non-hydrogen) atoms. The second kappa shape index (κ2) is 6.09. The molecule has 2 aromatic rings. The van der Waals surface area contributed by atoms with Gasteiger partial charge in [-0.25, -0.2) is 0 Å². The summed E-state index contributed by atoms with van der Waals surface area (Å²) < 4.78 is 0. The van der Waals surface area contributed by atoms with Crippen LogP contribution < -0.4 is 5.73 Å². The fourth-order valence-corrected chi connectivity index (χ4v) is 2.38. The first-order chi connectivity index (χ1) is 9.04. The molecule has 0 saturated heterocycles. The van der Waals surface area contributed by atoms with Gasteiger partial charge in [0, 0.05) is 23.8 Å². The van der Waals surface area contributed by atoms with E-state index in [1.54, 1.807) is 0 Å². The molecule has 0 spiro atoms. The lowest BCUT2D eigenvalue weighted by atomic mass is 10.1. The number of aryl methyl sites for hydroxylation is 1. The minimum absolute atomic E-state index is 0.779. The van der Waals surface area contributed by atoms with Gasteiger partial charge in [0.25, 0.3) is 0 Å². The Morgan fingerprint density at radius 1 is 1.11 bits per heavy atom. The summed E-state index contributed by atoms with van der Waals surface area (Å²) in [6.45, 7) is 3.77. The van der Waals surface area contributed by atoms with Gasteiger partial charge >= 0.3 is 0 Å². The molecule has 100 valence electrons. The molecule has 0 aliphatic heterocycles. The van der Waals surface area contributed by atoms with E-state index in [-0.39, 0.29) is 0 Å². The normalized spacial score (nSPS) is 10.9. The smallest absolute Gasteiger partial charge is 0.0409 e. The minimum Gasteiger partial charge on any atom is -0.398 e. The van der Waals surface area contributed by atoms with Crippen molar-refractivity contribution in [3.05, 3.63) is 64.2 Å². The molecule has 0 aliphatic rings. The van der Waals surface area contributed by atoms with E-state index in [1.165, 1.54) is 16.7 Å². The quantitative estimate of drug-likeness (QED) is 0.858. The number of nitrogen functional groups attached to an aromatic ring is 1. The van der Waals surface area contributed by atoms with Gasteiger partial charge in [-0.1, -0.05) is 41.4 Å². The van der Waals surface area contributed by atoms with Crippen LogP contribution in [0.1, 0.15) is 16.7 Å². The van der Waals surface area contributed by atoms with Crippen LogP contribution in [0.15, 0.2) is 42.5 Å². The van der Waals surface area contributed by atoms with Crippen molar-refractivity contribution in [1.29, 1.82) is 0 Å². The molecule has 2 nitrogen and oxygen atoms in total. The molecule has 0 aromatic heterocycles. The fraction of sp³-hybridized carbons (Fsp3) is 0.250. The van der Waals surface area contributed by atoms with Gasteiger partial charge in [-0.05, 0) is 43.3 Å². The van der Waals surface area contributed by atoms with E-state index in [4.69, 9.17) is 17.3 Å². The molecule has 0 radical (unpaired) electrons. The number of nitrogens with two attached hydrogens (primary N) is 1. The van der Waals surface area contributed by atoms with E-state index < -0.39 is 0 Å². The standard InChI is InChI=1S/C16H19ClN2/c1-12-6-7-16(18)14(8-12)11-19(2)10-13-4-3-5-15(17)9-13/h3-9H,10-11,18H2,1-2H3. The molecule has 2 aromatic carbocycles. The van der Waals surface area contributed by atoms with Gasteiger partial charge in [0.2, 0.25) is 0 Å². The van der Waals surface area contributed by atoms with Crippen LogP contribution >= 0.6 is 11.6 Å². The second-order valence-electron chi connectivity index (χ2n) is 5.00. The van der Waals surface area contributed by atoms with Gasteiger partial charge in [0.1, 0.15) is 0 Å². The Bertz CT molecular complexity index is 566. The van der Waals surface area contributed by atoms with Crippen molar-refractivity contribution in [2.45, 2.75) is 20.0 Å². The van der Waals surface area contributed by atoms with Gasteiger partial charge < -0.3 is 5.73 Å². The highest BCUT2D eigenvalue weighted by Gasteiger charge is 2.05. The number of nitrogens with zero attached hydrogens (tertiary/aromatic N) is 1. The Hall–Kier alpha value is -1.51. The average Bonchev–Trinajstić information content (AvgIpc) is 2.34. The third kappa shape index (κ3) is 3.98. The summed E-state index contributed by atoms with van der Waals surface area (Å²) in [6.07, 6.45) is 0. The van der Waals surface area contributed by atoms with Crippen LogP contribution in [0.4, 0.5) is 5.69 Å². The lowest BCUT2D eigenvalue weighted by Gasteiger charge is -2.18. The van der Waals surface area contributed by atoms with E-state index in [0.717, 1.165) is 23.8 Å². The molecule has 2 N–H and O–H groups in total. The molecule has 0 fully saturated rings. The predicted molar refractivity (Wildman–Crippen MR) is 82.2 cm³/mol. The fourth-order valence-electron chi connectivity index (χ4n) is 2.17. The molecule has 0 unspecified atom stereocenters. The molecule has 2 rings (SSSR count). The Morgan fingerprint density at radius 3 is 2.63 bits per heavy atom. The zero-order valence-electron chi connectivity index (χ0n) is 11.4. The second-order valence-corrected chi connectivity index (χ2v) is 5.44. The van der Waals surface area contributed by atoms with E-state index in [0.29, 0.717) is 0 Å². The average molecular weight is 275 g/mol. The van der Waals surface area contributed by atoms with E-state index in [2.05, 4.69) is 31.0 Å². The van der Waals surface area contributed by atoms with Crippen molar-refractivity contribution >= 4 is 17.3 Å². The number of anilines is 1. The molecule has 0 aliphatic carbocycles. The van der Waals surface area contributed by atoms with Gasteiger partial charge in [0.05, 0.1) is 0 Å². The minimum atomic E-state index is 0.779. The topological polar surface area (TPSA) is 29.3 Å². The Labute approximate surface area is 119 Å². The lowest BCUT2D eigenvalue weighted by molar-refractivity contribution is 0.319. The van der Waals surface area contributed by atoms with Crippen LogP contribution in [0.3, 0.4) is 0 Å². The third-order valence-corrected chi connectivity index (χ3v) is 3.32. The molecule has 0 bridgehead atoms. The molecule has 0 heterocycles. The Morgan fingerprint density at radius 2 is 1.89 bits per heavy atom. The summed E-state index contributed by atoms with van der Waals surface area (Å²) in [5.41, 5.74) is 10.5. The molecular weight excluding hydrogens is 256 g/mol. The first kappa shape index (κ1) is 13.9. The van der Waals surface area contributed by atoms with Crippen molar-refractivity contribution < 1.29 is 0 Å². The zero-order chi connectivity index (χ0) is 13.8. The maximum atomic E-state index is 6.01. The van der Waals surface area contributed by atoms with Crippen molar-refractivity contribution in [3.63, 3.8) is 0 Å². The van der Waals surface area contributed by atoms with E-state index >= 15 is 0 Å². The number of benzene rings is 2. The van der Waals surface area contributed by atoms with Gasteiger partial charge in [0.15, 0.2) is 0 Å². The Balaban J connectivity index is 2.05. The largest absolute Gasteiger partial charge is 0.398 e. The van der Waals surface area contributed by atoms with Crippen molar-refractivity contribution in [1.82, 2.24) is 4.90 Å². The maximum Gasteiger partial charge on any atom is 0.0409 e. The maximum absolute atomic E-state index is 6.01. The molecule has 0 saturated carbocycles.